The summed E-state index contributed by atoms with van der Waals surface area (Å²) in [5.74, 6) is 1.20. The summed E-state index contributed by atoms with van der Waals surface area (Å²) < 4.78 is 9.04. The minimum absolute atomic E-state index is 0.0279. The van der Waals surface area contributed by atoms with Crippen molar-refractivity contribution in [1.29, 1.82) is 0 Å². The number of hydrogen-bond acceptors (Lipinski definition) is 1. The van der Waals surface area contributed by atoms with E-state index in [1.54, 1.807) is 0 Å². The van der Waals surface area contributed by atoms with Crippen molar-refractivity contribution >= 4 is 21.9 Å². The minimum atomic E-state index is 0.0279. The van der Waals surface area contributed by atoms with Crippen LogP contribution in [0.2, 0.25) is 0 Å². The second-order valence-corrected chi connectivity index (χ2v) is 12.6. The van der Waals surface area contributed by atoms with Crippen molar-refractivity contribution in [2.75, 3.05) is 0 Å². The normalized spacial score (nSPS) is 14.2. The molecule has 2 nitrogen and oxygen atoms in total. The molecule has 1 aliphatic rings. The molecular formula is C36H40NO+. The van der Waals surface area contributed by atoms with Crippen LogP contribution in [-0.2, 0) is 12.5 Å². The molecular weight excluding hydrogens is 462 g/mol. The van der Waals surface area contributed by atoms with Crippen molar-refractivity contribution in [3.63, 3.8) is 0 Å². The quantitative estimate of drug-likeness (QED) is 0.219. The van der Waals surface area contributed by atoms with Crippen LogP contribution in [-0.4, -0.2) is 0 Å². The second-order valence-electron chi connectivity index (χ2n) is 12.6. The van der Waals surface area contributed by atoms with E-state index in [1.807, 2.05) is 0 Å². The van der Waals surface area contributed by atoms with E-state index < -0.39 is 0 Å². The molecule has 0 unspecified atom stereocenters. The van der Waals surface area contributed by atoms with Crippen LogP contribution >= 0.6 is 0 Å². The van der Waals surface area contributed by atoms with Crippen LogP contribution < -0.4 is 4.57 Å². The van der Waals surface area contributed by atoms with Crippen molar-refractivity contribution in [1.82, 2.24) is 0 Å². The first-order valence-corrected chi connectivity index (χ1v) is 14.2. The highest BCUT2D eigenvalue weighted by atomic mass is 16.3. The number of aryl methyl sites for hydroxylation is 4. The molecule has 0 saturated heterocycles. The summed E-state index contributed by atoms with van der Waals surface area (Å²) in [6, 6.07) is 20.7. The van der Waals surface area contributed by atoms with Gasteiger partial charge >= 0.3 is 0 Å². The average Bonchev–Trinajstić information content (AvgIpc) is 3.35. The Morgan fingerprint density at radius 3 is 2.18 bits per heavy atom. The lowest BCUT2D eigenvalue weighted by atomic mass is 9.68. The van der Waals surface area contributed by atoms with E-state index in [2.05, 4.69) is 121 Å². The highest BCUT2D eigenvalue weighted by Gasteiger charge is 2.44. The van der Waals surface area contributed by atoms with E-state index in [9.17, 15) is 0 Å². The maximum atomic E-state index is 6.80. The molecule has 0 radical (unpaired) electrons. The zero-order valence-corrected chi connectivity index (χ0v) is 24.2. The van der Waals surface area contributed by atoms with Gasteiger partial charge in [0.15, 0.2) is 6.20 Å². The topological polar surface area (TPSA) is 17.0 Å². The number of aromatic nitrogens is 1. The number of nitrogens with zero attached hydrogens (tertiary/aromatic N) is 1. The Morgan fingerprint density at radius 2 is 1.47 bits per heavy atom. The molecule has 2 aromatic heterocycles. The van der Waals surface area contributed by atoms with Crippen molar-refractivity contribution < 1.29 is 8.98 Å². The number of fused-ring (bicyclic) bond motifs is 7. The molecule has 2 heteroatoms. The zero-order chi connectivity index (χ0) is 26.9. The highest BCUT2D eigenvalue weighted by molar-refractivity contribution is 6.17. The Morgan fingerprint density at radius 1 is 0.763 bits per heavy atom. The van der Waals surface area contributed by atoms with Gasteiger partial charge in [-0.15, -0.1) is 0 Å². The van der Waals surface area contributed by atoms with Crippen LogP contribution in [0.25, 0.3) is 44.3 Å². The van der Waals surface area contributed by atoms with E-state index in [-0.39, 0.29) is 5.41 Å². The van der Waals surface area contributed by atoms with Gasteiger partial charge in [-0.25, -0.2) is 4.57 Å². The van der Waals surface area contributed by atoms with Gasteiger partial charge in [0.05, 0.1) is 5.56 Å². The molecule has 0 amide bonds. The standard InChI is InChI=1S/C36H40NO/c1-21(2)18-36(19-22(3)4)28-12-10-9-11-26(28)33-29(36)15-16-31-34(33)27-14-13-23(5)32(35(27)38-31)30-17-24(6)25(7)20-37(30)8/h9-17,20-22H,18-19H2,1-8H3/q+1. The first-order chi connectivity index (χ1) is 18.1. The zero-order valence-electron chi connectivity index (χ0n) is 24.2. The Bertz CT molecular complexity index is 1710. The molecule has 0 N–H and O–H groups in total. The van der Waals surface area contributed by atoms with E-state index in [0.29, 0.717) is 11.8 Å². The molecule has 194 valence electrons. The molecule has 5 aromatic rings. The van der Waals surface area contributed by atoms with Crippen LogP contribution in [0, 0.1) is 32.6 Å². The predicted octanol–water partition coefficient (Wildman–Crippen LogP) is 9.36. The van der Waals surface area contributed by atoms with Gasteiger partial charge in [-0.2, -0.15) is 0 Å². The predicted molar refractivity (Wildman–Crippen MR) is 160 cm³/mol. The molecule has 1 aliphatic carbocycles. The van der Waals surface area contributed by atoms with Crippen molar-refractivity contribution in [2.24, 2.45) is 18.9 Å². The molecule has 0 spiro atoms. The largest absolute Gasteiger partial charge is 0.455 e. The van der Waals surface area contributed by atoms with E-state index >= 15 is 0 Å². The summed E-state index contributed by atoms with van der Waals surface area (Å²) in [4.78, 5) is 0. The Labute approximate surface area is 227 Å². The van der Waals surface area contributed by atoms with Crippen LogP contribution in [0.1, 0.15) is 68.4 Å². The van der Waals surface area contributed by atoms with Gasteiger partial charge in [0.25, 0.3) is 0 Å². The highest BCUT2D eigenvalue weighted by Crippen LogP contribution is 2.58. The lowest BCUT2D eigenvalue weighted by Crippen LogP contribution is -2.31. The first-order valence-electron chi connectivity index (χ1n) is 14.2. The van der Waals surface area contributed by atoms with Gasteiger partial charge < -0.3 is 4.42 Å². The first kappa shape index (κ1) is 24.9. The SMILES string of the molecule is Cc1cc(-c2c(C)ccc3c2oc2ccc4c(c23)-c2ccccc2C4(CC(C)C)CC(C)C)[n+](C)cc1C. The average molecular weight is 503 g/mol. The molecule has 38 heavy (non-hydrogen) atoms. The van der Waals surface area contributed by atoms with Crippen LogP contribution in [0.3, 0.4) is 0 Å². The minimum Gasteiger partial charge on any atom is -0.455 e. The van der Waals surface area contributed by atoms with Crippen LogP contribution in [0.15, 0.2) is 65.2 Å². The molecule has 0 bridgehead atoms. The Hall–Kier alpha value is -3.39. The third-order valence-electron chi connectivity index (χ3n) is 8.75. The van der Waals surface area contributed by atoms with Gasteiger partial charge in [0.2, 0.25) is 5.69 Å². The van der Waals surface area contributed by atoms with Crippen molar-refractivity contribution in [3.8, 4) is 22.4 Å². The fourth-order valence-corrected chi connectivity index (χ4v) is 7.34. The van der Waals surface area contributed by atoms with E-state index in [1.165, 1.54) is 61.0 Å². The number of furan rings is 1. The van der Waals surface area contributed by atoms with Crippen LogP contribution in [0.4, 0.5) is 0 Å². The number of hydrogen-bond donors (Lipinski definition) is 0. The fourth-order valence-electron chi connectivity index (χ4n) is 7.34. The van der Waals surface area contributed by atoms with Crippen LogP contribution in [0.5, 0.6) is 0 Å². The number of benzene rings is 3. The van der Waals surface area contributed by atoms with E-state index in [4.69, 9.17) is 4.42 Å². The van der Waals surface area contributed by atoms with Gasteiger partial charge in [-0.3, -0.25) is 0 Å². The Balaban J connectivity index is 1.73. The molecule has 3 aromatic carbocycles. The van der Waals surface area contributed by atoms with Crippen molar-refractivity contribution in [3.05, 3.63) is 88.6 Å². The summed E-state index contributed by atoms with van der Waals surface area (Å²) in [5.41, 5.74) is 14.0. The molecule has 2 heterocycles. The van der Waals surface area contributed by atoms with E-state index in [0.717, 1.165) is 24.0 Å². The summed E-state index contributed by atoms with van der Waals surface area (Å²) in [7, 11) is 2.14. The fraction of sp³-hybridized carbons (Fsp3) is 0.361. The number of pyridine rings is 1. The summed E-state index contributed by atoms with van der Waals surface area (Å²) in [5, 5.41) is 2.49. The Kier molecular flexibility index (Phi) is 5.79. The third kappa shape index (κ3) is 3.56. The lowest BCUT2D eigenvalue weighted by Gasteiger charge is -2.35. The molecule has 6 rings (SSSR count). The maximum absolute atomic E-state index is 6.80. The molecule has 0 atom stereocenters. The van der Waals surface area contributed by atoms with Gasteiger partial charge in [0.1, 0.15) is 18.2 Å². The van der Waals surface area contributed by atoms with Gasteiger partial charge in [-0.1, -0.05) is 70.2 Å². The summed E-state index contributed by atoms with van der Waals surface area (Å²) in [6.07, 6.45) is 4.53. The third-order valence-corrected chi connectivity index (χ3v) is 8.75. The maximum Gasteiger partial charge on any atom is 0.216 e. The van der Waals surface area contributed by atoms with Gasteiger partial charge in [0, 0.05) is 27.8 Å². The summed E-state index contributed by atoms with van der Waals surface area (Å²) >= 11 is 0. The molecule has 0 aliphatic heterocycles. The lowest BCUT2D eigenvalue weighted by molar-refractivity contribution is -0.660. The number of rotatable bonds is 5. The smallest absolute Gasteiger partial charge is 0.216 e. The van der Waals surface area contributed by atoms with Crippen molar-refractivity contribution in [2.45, 2.75) is 66.7 Å². The van der Waals surface area contributed by atoms with Gasteiger partial charge in [-0.05, 0) is 84.9 Å². The monoisotopic (exact) mass is 502 g/mol. The molecule has 0 saturated carbocycles. The second kappa shape index (κ2) is 8.83. The summed E-state index contributed by atoms with van der Waals surface area (Å²) in [6.45, 7) is 16.0. The molecule has 0 fully saturated rings.